The summed E-state index contributed by atoms with van der Waals surface area (Å²) >= 11 is 0. The number of anilines is 1. The first-order chi connectivity index (χ1) is 14.9. The second-order valence-electron chi connectivity index (χ2n) is 7.94. The number of nitrogens with one attached hydrogen (secondary N) is 1. The maximum atomic E-state index is 12.8. The largest absolute Gasteiger partial charge is 0.452 e. The van der Waals surface area contributed by atoms with Crippen molar-refractivity contribution < 1.29 is 22.7 Å². The molecular weight excluding hydrogens is 430 g/mol. The Labute approximate surface area is 190 Å². The third kappa shape index (κ3) is 5.39. The van der Waals surface area contributed by atoms with Crippen molar-refractivity contribution in [2.24, 2.45) is 0 Å². The molecule has 32 heavy (non-hydrogen) atoms. The van der Waals surface area contributed by atoms with Gasteiger partial charge in [-0.25, -0.2) is 13.2 Å². The fourth-order valence-electron chi connectivity index (χ4n) is 3.78. The first-order valence-corrected chi connectivity index (χ1v) is 12.1. The summed E-state index contributed by atoms with van der Waals surface area (Å²) < 4.78 is 34.1. The summed E-state index contributed by atoms with van der Waals surface area (Å²) in [7, 11) is -3.66. The van der Waals surface area contributed by atoms with Gasteiger partial charge in [0.25, 0.3) is 5.91 Å². The highest BCUT2D eigenvalue weighted by Crippen LogP contribution is 2.23. The van der Waals surface area contributed by atoms with E-state index in [1.807, 2.05) is 32.3 Å². The summed E-state index contributed by atoms with van der Waals surface area (Å²) in [6.07, 6.45) is 0. The van der Waals surface area contributed by atoms with Crippen LogP contribution in [-0.2, 0) is 19.6 Å². The van der Waals surface area contributed by atoms with E-state index < -0.39 is 28.5 Å². The van der Waals surface area contributed by atoms with Crippen LogP contribution in [0.4, 0.5) is 5.69 Å². The Hall–Kier alpha value is -2.65. The van der Waals surface area contributed by atoms with Crippen LogP contribution < -0.4 is 5.32 Å². The second-order valence-corrected chi connectivity index (χ2v) is 9.88. The number of carbonyl (C=O) groups is 2. The van der Waals surface area contributed by atoms with E-state index >= 15 is 0 Å². The molecule has 0 radical (unpaired) electrons. The van der Waals surface area contributed by atoms with Crippen LogP contribution in [0.5, 0.6) is 0 Å². The van der Waals surface area contributed by atoms with Gasteiger partial charge in [-0.1, -0.05) is 19.9 Å². The summed E-state index contributed by atoms with van der Waals surface area (Å²) in [6, 6.07) is 6.53. The molecule has 0 bridgehead atoms. The van der Waals surface area contributed by atoms with Gasteiger partial charge in [0, 0.05) is 36.2 Å². The van der Waals surface area contributed by atoms with Crippen molar-refractivity contribution in [2.75, 3.05) is 25.0 Å². The number of rotatable bonds is 9. The minimum Gasteiger partial charge on any atom is -0.452 e. The van der Waals surface area contributed by atoms with E-state index in [-0.39, 0.29) is 10.9 Å². The lowest BCUT2D eigenvalue weighted by Crippen LogP contribution is -2.30. The lowest BCUT2D eigenvalue weighted by molar-refractivity contribution is -0.119. The van der Waals surface area contributed by atoms with Crippen molar-refractivity contribution in [2.45, 2.75) is 59.4 Å². The molecule has 1 aromatic heterocycles. The van der Waals surface area contributed by atoms with Crippen molar-refractivity contribution in [3.8, 4) is 0 Å². The first-order valence-electron chi connectivity index (χ1n) is 10.7. The van der Waals surface area contributed by atoms with Gasteiger partial charge in [0.05, 0.1) is 10.5 Å². The quantitative estimate of drug-likeness (QED) is 0.570. The van der Waals surface area contributed by atoms with Crippen molar-refractivity contribution in [3.63, 3.8) is 0 Å². The molecule has 1 N–H and O–H groups in total. The fraction of sp³-hybridized carbons (Fsp3) is 0.478. The maximum Gasteiger partial charge on any atom is 0.340 e. The molecule has 0 unspecified atom stereocenters. The van der Waals surface area contributed by atoms with Gasteiger partial charge in [0.15, 0.2) is 6.61 Å². The minimum absolute atomic E-state index is 0.0974. The average molecular weight is 464 g/mol. The number of ether oxygens (including phenoxy) is 1. The summed E-state index contributed by atoms with van der Waals surface area (Å²) in [4.78, 5) is 25.0. The molecule has 0 saturated heterocycles. The van der Waals surface area contributed by atoms with Gasteiger partial charge in [0.2, 0.25) is 10.0 Å². The Morgan fingerprint density at radius 1 is 1.09 bits per heavy atom. The van der Waals surface area contributed by atoms with Gasteiger partial charge in [-0.05, 0) is 58.4 Å². The molecule has 9 heteroatoms. The molecule has 0 spiro atoms. The first kappa shape index (κ1) is 25.6. The van der Waals surface area contributed by atoms with Crippen molar-refractivity contribution in [1.82, 2.24) is 8.87 Å². The Morgan fingerprint density at radius 3 is 2.25 bits per heavy atom. The van der Waals surface area contributed by atoms with Crippen LogP contribution in [0.15, 0.2) is 29.2 Å². The Balaban J connectivity index is 2.12. The van der Waals surface area contributed by atoms with Crippen LogP contribution in [0.1, 0.15) is 61.0 Å². The van der Waals surface area contributed by atoms with Gasteiger partial charge in [-0.2, -0.15) is 4.31 Å². The van der Waals surface area contributed by atoms with E-state index in [1.165, 1.54) is 16.4 Å². The number of hydrogen-bond acceptors (Lipinski definition) is 5. The zero-order valence-electron chi connectivity index (χ0n) is 19.9. The molecule has 0 saturated carbocycles. The highest BCUT2D eigenvalue weighted by atomic mass is 32.2. The van der Waals surface area contributed by atoms with E-state index in [2.05, 4.69) is 5.32 Å². The number of aryl methyl sites for hydroxylation is 2. The van der Waals surface area contributed by atoms with E-state index in [9.17, 15) is 18.0 Å². The van der Waals surface area contributed by atoms with E-state index in [0.717, 1.165) is 11.4 Å². The highest BCUT2D eigenvalue weighted by molar-refractivity contribution is 7.89. The maximum absolute atomic E-state index is 12.8. The predicted molar refractivity (Wildman–Crippen MR) is 124 cm³/mol. The van der Waals surface area contributed by atoms with Crippen LogP contribution in [-0.4, -0.2) is 48.9 Å². The molecule has 2 rings (SSSR count). The van der Waals surface area contributed by atoms with Crippen LogP contribution >= 0.6 is 0 Å². The third-order valence-electron chi connectivity index (χ3n) is 5.38. The van der Waals surface area contributed by atoms with Gasteiger partial charge >= 0.3 is 5.97 Å². The molecule has 0 fully saturated rings. The van der Waals surface area contributed by atoms with Crippen molar-refractivity contribution in [3.05, 3.63) is 46.8 Å². The number of carbonyl (C=O) groups excluding carboxylic acids is 2. The van der Waals surface area contributed by atoms with E-state index in [0.29, 0.717) is 29.9 Å². The molecule has 1 aromatic carbocycles. The number of hydrogen-bond donors (Lipinski definition) is 1. The zero-order valence-corrected chi connectivity index (χ0v) is 20.7. The van der Waals surface area contributed by atoms with Crippen LogP contribution in [0.25, 0.3) is 0 Å². The summed E-state index contributed by atoms with van der Waals surface area (Å²) in [5.74, 6) is -1.12. The summed E-state index contributed by atoms with van der Waals surface area (Å²) in [5.41, 5.74) is 3.21. The molecule has 0 aliphatic heterocycles. The molecular formula is C23H33N3O5S. The second kappa shape index (κ2) is 10.3. The SMILES string of the molecule is CCN(CC)S(=O)(=O)c1ccc(C)c(NC(=O)COC(=O)c2cc(C)n(C(C)C)c2C)c1. The standard InChI is InChI=1S/C23H33N3O5S/c1-8-25(9-2)32(29,30)19-11-10-16(5)21(13-19)24-22(27)14-31-23(28)20-12-17(6)26(15(3)4)18(20)7/h10-13,15H,8-9,14H2,1-7H3,(H,24,27). The lowest BCUT2D eigenvalue weighted by atomic mass is 10.2. The van der Waals surface area contributed by atoms with Crippen LogP contribution in [0.2, 0.25) is 0 Å². The molecule has 2 aromatic rings. The van der Waals surface area contributed by atoms with Gasteiger partial charge in [-0.3, -0.25) is 4.79 Å². The van der Waals surface area contributed by atoms with Crippen LogP contribution in [0.3, 0.4) is 0 Å². The normalized spacial score (nSPS) is 11.8. The zero-order chi connectivity index (χ0) is 24.2. The van der Waals surface area contributed by atoms with Gasteiger partial charge in [0.1, 0.15) is 0 Å². The topological polar surface area (TPSA) is 97.7 Å². The smallest absolute Gasteiger partial charge is 0.340 e. The monoisotopic (exact) mass is 463 g/mol. The van der Waals surface area contributed by atoms with Crippen molar-refractivity contribution >= 4 is 27.6 Å². The van der Waals surface area contributed by atoms with E-state index in [4.69, 9.17) is 4.74 Å². The minimum atomic E-state index is -3.66. The Bertz CT molecular complexity index is 1100. The Kier molecular flexibility index (Phi) is 8.25. The van der Waals surface area contributed by atoms with Crippen LogP contribution in [0, 0.1) is 20.8 Å². The molecule has 1 amide bonds. The molecule has 176 valence electrons. The van der Waals surface area contributed by atoms with Gasteiger partial charge < -0.3 is 14.6 Å². The summed E-state index contributed by atoms with van der Waals surface area (Å²) in [5, 5.41) is 2.65. The van der Waals surface area contributed by atoms with Gasteiger partial charge in [-0.15, -0.1) is 0 Å². The van der Waals surface area contributed by atoms with E-state index in [1.54, 1.807) is 32.9 Å². The molecule has 0 aliphatic rings. The number of benzene rings is 1. The predicted octanol–water partition coefficient (Wildman–Crippen LogP) is 3.82. The molecule has 0 atom stereocenters. The number of nitrogens with zero attached hydrogens (tertiary/aromatic N) is 2. The number of sulfonamides is 1. The summed E-state index contributed by atoms with van der Waals surface area (Å²) in [6.45, 7) is 13.3. The fourth-order valence-corrected chi connectivity index (χ4v) is 5.27. The number of aromatic nitrogens is 1. The Morgan fingerprint density at radius 2 is 1.72 bits per heavy atom. The highest BCUT2D eigenvalue weighted by Gasteiger charge is 2.23. The number of amides is 1. The molecule has 1 heterocycles. The molecule has 8 nitrogen and oxygen atoms in total. The third-order valence-corrected chi connectivity index (χ3v) is 7.43. The molecule has 0 aliphatic carbocycles. The lowest BCUT2D eigenvalue weighted by Gasteiger charge is -2.19. The number of esters is 1. The van der Waals surface area contributed by atoms with Crippen molar-refractivity contribution in [1.29, 1.82) is 0 Å². The average Bonchev–Trinajstić information content (AvgIpc) is 3.02.